The number of carbonyl (C=O) groups is 2. The van der Waals surface area contributed by atoms with Gasteiger partial charge in [0.25, 0.3) is 5.91 Å². The normalized spacial score (nSPS) is 21.8. The highest BCUT2D eigenvalue weighted by atomic mass is 16.5. The zero-order chi connectivity index (χ0) is 16.4. The molecule has 2 aliphatic heterocycles. The van der Waals surface area contributed by atoms with E-state index in [-0.39, 0.29) is 11.8 Å². The fourth-order valence-electron chi connectivity index (χ4n) is 3.01. The van der Waals surface area contributed by atoms with E-state index in [0.717, 1.165) is 31.9 Å². The summed E-state index contributed by atoms with van der Waals surface area (Å²) in [6.45, 7) is 5.48. The van der Waals surface area contributed by atoms with Gasteiger partial charge in [0.1, 0.15) is 5.75 Å². The van der Waals surface area contributed by atoms with E-state index in [9.17, 15) is 9.59 Å². The summed E-state index contributed by atoms with van der Waals surface area (Å²) in [5.41, 5.74) is 0.752. The first kappa shape index (κ1) is 15.8. The topological polar surface area (TPSA) is 53.1 Å². The Bertz CT molecular complexity index is 597. The van der Waals surface area contributed by atoms with Crippen molar-refractivity contribution in [2.75, 3.05) is 44.7 Å². The summed E-state index contributed by atoms with van der Waals surface area (Å²) in [7, 11) is 2.06. The number of fused-ring (bicyclic) bond motifs is 1. The molecule has 2 amide bonds. The number of nitrogens with zero attached hydrogens (tertiary/aromatic N) is 3. The van der Waals surface area contributed by atoms with Crippen molar-refractivity contribution in [2.24, 2.45) is 0 Å². The SMILES string of the molecule is CC1Oc2ccccc2N(CCC(=O)N2CCN(C)CC2)C1=O. The van der Waals surface area contributed by atoms with E-state index in [1.165, 1.54) is 0 Å². The van der Waals surface area contributed by atoms with Crippen molar-refractivity contribution >= 4 is 17.5 Å². The molecule has 0 radical (unpaired) electrons. The smallest absolute Gasteiger partial charge is 0.267 e. The summed E-state index contributed by atoms with van der Waals surface area (Å²) >= 11 is 0. The predicted molar refractivity (Wildman–Crippen MR) is 87.6 cm³/mol. The molecule has 0 N–H and O–H groups in total. The third-order valence-electron chi connectivity index (χ3n) is 4.48. The summed E-state index contributed by atoms with van der Waals surface area (Å²) in [5, 5.41) is 0. The van der Waals surface area contributed by atoms with Gasteiger partial charge >= 0.3 is 0 Å². The number of piperazine rings is 1. The van der Waals surface area contributed by atoms with E-state index in [1.807, 2.05) is 29.2 Å². The molecule has 3 rings (SSSR count). The molecule has 1 atom stereocenters. The van der Waals surface area contributed by atoms with Gasteiger partial charge in [-0.1, -0.05) is 12.1 Å². The van der Waals surface area contributed by atoms with Crippen LogP contribution >= 0.6 is 0 Å². The standard InChI is InChI=1S/C17H23N3O3/c1-13-17(22)20(14-5-3-4-6-15(14)23-13)8-7-16(21)19-11-9-18(2)10-12-19/h3-6,13H,7-12H2,1-2H3. The van der Waals surface area contributed by atoms with Gasteiger partial charge in [-0.2, -0.15) is 0 Å². The highest BCUT2D eigenvalue weighted by Crippen LogP contribution is 2.33. The molecular formula is C17H23N3O3. The molecule has 124 valence electrons. The maximum atomic E-state index is 12.4. The highest BCUT2D eigenvalue weighted by Gasteiger charge is 2.31. The van der Waals surface area contributed by atoms with Gasteiger partial charge in [0.15, 0.2) is 6.10 Å². The zero-order valence-electron chi connectivity index (χ0n) is 13.7. The van der Waals surface area contributed by atoms with Gasteiger partial charge in [-0.15, -0.1) is 0 Å². The van der Waals surface area contributed by atoms with Crippen molar-refractivity contribution in [3.05, 3.63) is 24.3 Å². The van der Waals surface area contributed by atoms with Crippen molar-refractivity contribution < 1.29 is 14.3 Å². The van der Waals surface area contributed by atoms with Gasteiger partial charge in [0, 0.05) is 39.1 Å². The Labute approximate surface area is 136 Å². The molecule has 2 aliphatic rings. The molecule has 0 aliphatic carbocycles. The van der Waals surface area contributed by atoms with Gasteiger partial charge in [-0.05, 0) is 26.1 Å². The minimum atomic E-state index is -0.511. The first-order valence-corrected chi connectivity index (χ1v) is 8.09. The van der Waals surface area contributed by atoms with Crippen LogP contribution < -0.4 is 9.64 Å². The first-order valence-electron chi connectivity index (χ1n) is 8.09. The van der Waals surface area contributed by atoms with Gasteiger partial charge in [-0.25, -0.2) is 0 Å². The number of amides is 2. The Kier molecular flexibility index (Phi) is 4.52. The van der Waals surface area contributed by atoms with Gasteiger partial charge in [-0.3, -0.25) is 9.59 Å². The second-order valence-electron chi connectivity index (χ2n) is 6.15. The fraction of sp³-hybridized carbons (Fsp3) is 0.529. The van der Waals surface area contributed by atoms with Crippen LogP contribution in [0.25, 0.3) is 0 Å². The molecule has 23 heavy (non-hydrogen) atoms. The molecule has 0 bridgehead atoms. The van der Waals surface area contributed by atoms with E-state index >= 15 is 0 Å². The van der Waals surface area contributed by atoms with Crippen LogP contribution in [-0.2, 0) is 9.59 Å². The number of hydrogen-bond donors (Lipinski definition) is 0. The lowest BCUT2D eigenvalue weighted by Crippen LogP contribution is -2.49. The minimum absolute atomic E-state index is 0.0881. The molecule has 1 unspecified atom stereocenters. The van der Waals surface area contributed by atoms with Crippen molar-refractivity contribution in [1.82, 2.24) is 9.80 Å². The number of benzene rings is 1. The van der Waals surface area contributed by atoms with Crippen LogP contribution in [0.4, 0.5) is 5.69 Å². The zero-order valence-corrected chi connectivity index (χ0v) is 13.7. The fourth-order valence-corrected chi connectivity index (χ4v) is 3.01. The number of para-hydroxylation sites is 2. The second-order valence-corrected chi connectivity index (χ2v) is 6.15. The minimum Gasteiger partial charge on any atom is -0.479 e. The number of hydrogen-bond acceptors (Lipinski definition) is 4. The third kappa shape index (κ3) is 3.32. The highest BCUT2D eigenvalue weighted by molar-refractivity contribution is 6.00. The van der Waals surface area contributed by atoms with Crippen LogP contribution in [0, 0.1) is 0 Å². The van der Waals surface area contributed by atoms with Gasteiger partial charge in [0.2, 0.25) is 5.91 Å². The van der Waals surface area contributed by atoms with Crippen LogP contribution in [0.2, 0.25) is 0 Å². The Morgan fingerprint density at radius 2 is 1.91 bits per heavy atom. The van der Waals surface area contributed by atoms with E-state index < -0.39 is 6.10 Å². The van der Waals surface area contributed by atoms with Gasteiger partial charge < -0.3 is 19.4 Å². The molecule has 1 aromatic carbocycles. The summed E-state index contributed by atoms with van der Waals surface area (Å²) in [6, 6.07) is 7.47. The Morgan fingerprint density at radius 1 is 1.22 bits per heavy atom. The molecule has 6 nitrogen and oxygen atoms in total. The predicted octanol–water partition coefficient (Wildman–Crippen LogP) is 0.965. The third-order valence-corrected chi connectivity index (χ3v) is 4.48. The molecular weight excluding hydrogens is 294 g/mol. The first-order chi connectivity index (χ1) is 11.1. The van der Waals surface area contributed by atoms with E-state index in [4.69, 9.17) is 4.74 Å². The lowest BCUT2D eigenvalue weighted by Gasteiger charge is -2.35. The summed E-state index contributed by atoms with van der Waals surface area (Å²) in [4.78, 5) is 30.6. The summed E-state index contributed by atoms with van der Waals surface area (Å²) < 4.78 is 5.62. The van der Waals surface area contributed by atoms with Crippen molar-refractivity contribution in [3.8, 4) is 5.75 Å². The van der Waals surface area contributed by atoms with Gasteiger partial charge in [0.05, 0.1) is 5.69 Å². The van der Waals surface area contributed by atoms with Crippen LogP contribution in [0.3, 0.4) is 0 Å². The Hall–Kier alpha value is -2.08. The molecule has 0 spiro atoms. The molecule has 6 heteroatoms. The largest absolute Gasteiger partial charge is 0.479 e. The number of anilines is 1. The number of carbonyl (C=O) groups excluding carboxylic acids is 2. The molecule has 1 saturated heterocycles. The van der Waals surface area contributed by atoms with Crippen LogP contribution in [0.15, 0.2) is 24.3 Å². The molecule has 1 fully saturated rings. The van der Waals surface area contributed by atoms with Crippen LogP contribution in [0.5, 0.6) is 5.75 Å². The lowest BCUT2D eigenvalue weighted by molar-refractivity contribution is -0.132. The lowest BCUT2D eigenvalue weighted by atomic mass is 10.1. The van der Waals surface area contributed by atoms with Crippen LogP contribution in [0.1, 0.15) is 13.3 Å². The van der Waals surface area contributed by atoms with E-state index in [0.29, 0.717) is 18.7 Å². The maximum Gasteiger partial charge on any atom is 0.267 e. The molecule has 0 saturated carbocycles. The molecule has 1 aromatic rings. The number of ether oxygens (including phenoxy) is 1. The monoisotopic (exact) mass is 317 g/mol. The average molecular weight is 317 g/mol. The Morgan fingerprint density at radius 3 is 2.65 bits per heavy atom. The van der Waals surface area contributed by atoms with Crippen molar-refractivity contribution in [3.63, 3.8) is 0 Å². The number of likely N-dealkylation sites (N-methyl/N-ethyl adjacent to an activating group) is 1. The Balaban J connectivity index is 1.65. The number of rotatable bonds is 3. The maximum absolute atomic E-state index is 12.4. The van der Waals surface area contributed by atoms with Crippen molar-refractivity contribution in [2.45, 2.75) is 19.4 Å². The average Bonchev–Trinajstić information content (AvgIpc) is 2.55. The summed E-state index contributed by atoms with van der Waals surface area (Å²) in [6.07, 6.45) is -0.167. The molecule has 0 aromatic heterocycles. The van der Waals surface area contributed by atoms with Crippen LogP contribution in [-0.4, -0.2) is 67.5 Å². The second kappa shape index (κ2) is 6.58. The summed E-state index contributed by atoms with van der Waals surface area (Å²) in [5.74, 6) is 0.726. The van der Waals surface area contributed by atoms with E-state index in [2.05, 4.69) is 11.9 Å². The quantitative estimate of drug-likeness (QED) is 0.833. The van der Waals surface area contributed by atoms with Crippen molar-refractivity contribution in [1.29, 1.82) is 0 Å². The van der Waals surface area contributed by atoms with E-state index in [1.54, 1.807) is 11.8 Å². The molecule has 2 heterocycles.